The van der Waals surface area contributed by atoms with Crippen LogP contribution in [-0.2, 0) is 0 Å². The number of nitrogens with zero attached hydrogens (tertiary/aromatic N) is 17. The van der Waals surface area contributed by atoms with Gasteiger partial charge in [-0.3, -0.25) is 54.8 Å². The van der Waals surface area contributed by atoms with Gasteiger partial charge in [-0.2, -0.15) is 0 Å². The molecule has 14 aromatic heterocycles. The summed E-state index contributed by atoms with van der Waals surface area (Å²) in [6, 6.07) is 119. The van der Waals surface area contributed by atoms with Crippen LogP contribution in [0.5, 0.6) is 0 Å². The summed E-state index contributed by atoms with van der Waals surface area (Å²) < 4.78 is 0. The third kappa shape index (κ3) is 28.4. The molecule has 150 heavy (non-hydrogen) atoms. The third-order valence-electron chi connectivity index (χ3n) is 28.2. The maximum Gasteiger partial charge on any atom is 0.115 e. The number of rotatable bonds is 26. The van der Waals surface area contributed by atoms with E-state index >= 15 is 0 Å². The average Bonchev–Trinajstić information content (AvgIpc) is 1.66. The van der Waals surface area contributed by atoms with Crippen molar-refractivity contribution >= 4 is 0 Å². The SMILES string of the molecule is CC(c1ccncc1)c1ccc(-c2ccccc2)nc1.CC(c1cncnc1)c1ccc(-c2ccccc2)nc1.CCC(c1ccncc1)c1ccc(-c2ccccc2)nc1.CCC(c1cncnc1)c1ccc(-c2ccccc2)nc1.c1ccc(-c2ccc(C(c3ccncc3)C3CC3)cn2)cc1.c1ccc(-c2ccc(C(c3ccncc3)C3CCCC3)cn2)cc1.c1ccc(-c2ccc(C(c3cncnc3)C3CC3)cn2)cc1. The van der Waals surface area contributed by atoms with Crippen LogP contribution in [0.1, 0.15) is 211 Å². The summed E-state index contributed by atoms with van der Waals surface area (Å²) in [6.07, 6.45) is 57.5. The van der Waals surface area contributed by atoms with E-state index in [9.17, 15) is 0 Å². The predicted molar refractivity (Wildman–Crippen MR) is 603 cm³/mol. The molecule has 0 radical (unpaired) electrons. The Balaban J connectivity index is 0.000000114. The molecular formula is C133H123N17. The van der Waals surface area contributed by atoms with Crippen LogP contribution < -0.4 is 0 Å². The van der Waals surface area contributed by atoms with E-state index in [1.54, 1.807) is 19.0 Å². The number of pyridine rings is 11. The van der Waals surface area contributed by atoms with Crippen molar-refractivity contribution in [3.8, 4) is 78.8 Å². The van der Waals surface area contributed by atoms with Crippen LogP contribution in [0.2, 0.25) is 0 Å². The van der Waals surface area contributed by atoms with Crippen molar-refractivity contribution in [3.05, 3.63) is 573 Å². The lowest BCUT2D eigenvalue weighted by Gasteiger charge is -2.24. The van der Waals surface area contributed by atoms with Crippen molar-refractivity contribution in [2.24, 2.45) is 17.8 Å². The molecule has 0 N–H and O–H groups in total. The molecule has 3 saturated carbocycles. The molecule has 0 bridgehead atoms. The average molecular weight is 1960 g/mol. The Hall–Kier alpha value is -17.6. The topological polar surface area (TPSA) is 219 Å². The summed E-state index contributed by atoms with van der Waals surface area (Å²) >= 11 is 0. The zero-order chi connectivity index (χ0) is 102. The molecule has 0 aliphatic heterocycles. The lowest BCUT2D eigenvalue weighted by Crippen LogP contribution is -2.12. The van der Waals surface area contributed by atoms with Crippen molar-refractivity contribution in [1.82, 2.24) is 84.7 Å². The smallest absolute Gasteiger partial charge is 0.115 e. The molecule has 24 rings (SSSR count). The molecule has 3 fully saturated rings. The van der Waals surface area contributed by atoms with Gasteiger partial charge in [0.2, 0.25) is 0 Å². The fourth-order valence-corrected chi connectivity index (χ4v) is 19.7. The first-order valence-electron chi connectivity index (χ1n) is 52.1. The predicted octanol–water partition coefficient (Wildman–Crippen LogP) is 31.0. The van der Waals surface area contributed by atoms with E-state index in [1.165, 1.54) is 129 Å². The van der Waals surface area contributed by atoms with Gasteiger partial charge in [0.05, 0.1) is 39.9 Å². The second-order valence-electron chi connectivity index (χ2n) is 38.1. The Kier molecular flexibility index (Phi) is 36.5. The molecule has 0 spiro atoms. The minimum atomic E-state index is 0.244. The van der Waals surface area contributed by atoms with Crippen LogP contribution in [0.25, 0.3) is 78.8 Å². The highest BCUT2D eigenvalue weighted by Crippen LogP contribution is 2.49. The number of hydrogen-bond acceptors (Lipinski definition) is 17. The Labute approximate surface area is 881 Å². The van der Waals surface area contributed by atoms with Crippen molar-refractivity contribution in [1.29, 1.82) is 0 Å². The van der Waals surface area contributed by atoms with Gasteiger partial charge in [0, 0.05) is 211 Å². The van der Waals surface area contributed by atoms with E-state index in [2.05, 4.69) is 356 Å². The molecule has 7 atom stereocenters. The maximum atomic E-state index is 4.75. The lowest BCUT2D eigenvalue weighted by molar-refractivity contribution is 0.482. The number of aromatic nitrogens is 17. The number of benzene rings is 7. The summed E-state index contributed by atoms with van der Waals surface area (Å²) in [4.78, 5) is 73.7. The van der Waals surface area contributed by atoms with Gasteiger partial charge in [-0.25, -0.2) is 29.9 Å². The molecule has 3 aliphatic rings. The van der Waals surface area contributed by atoms with E-state index in [1.807, 2.05) is 227 Å². The van der Waals surface area contributed by atoms with Crippen LogP contribution in [0.3, 0.4) is 0 Å². The molecule has 17 heteroatoms. The van der Waals surface area contributed by atoms with Gasteiger partial charge in [0.15, 0.2) is 0 Å². The molecule has 0 saturated heterocycles. The van der Waals surface area contributed by atoms with E-state index in [0.29, 0.717) is 41.4 Å². The van der Waals surface area contributed by atoms with Crippen molar-refractivity contribution in [3.63, 3.8) is 0 Å². The first kappa shape index (κ1) is 102. The highest BCUT2D eigenvalue weighted by molar-refractivity contribution is 5.65. The second kappa shape index (κ2) is 53.5. The van der Waals surface area contributed by atoms with Crippen LogP contribution >= 0.6 is 0 Å². The zero-order valence-electron chi connectivity index (χ0n) is 85.2. The Morgan fingerprint density at radius 1 is 0.180 bits per heavy atom. The van der Waals surface area contributed by atoms with Gasteiger partial charge in [-0.05, 0) is 238 Å². The molecule has 7 unspecified atom stereocenters. The Morgan fingerprint density at radius 3 is 0.647 bits per heavy atom. The maximum absolute atomic E-state index is 4.75. The molecule has 17 nitrogen and oxygen atoms in total. The molecular weight excluding hydrogens is 1840 g/mol. The molecule has 14 heterocycles. The lowest BCUT2D eigenvalue weighted by atomic mass is 9.80. The standard InChI is InChI=1S/C22H22N2.C20H18N2.C19H17N3.C19H18N2.C18H17N3.C18H16N2.C17H15N3/c1-2-6-17(7-3-1)21-11-10-20(16-24-21)22(18-8-4-5-9-18)19-12-14-23-15-13-19;1-2-4-15(5-3-1)19-9-8-18(14-22-19)20(16-6-7-16)17-10-12-21-13-11-17;1-2-4-14(5-3-1)18-9-8-16(12-22-18)19(15-6-7-15)17-10-20-13-21-11-17;1-2-18(15-10-12-20-13-11-15)17-8-9-19(21-14-17)16-6-4-3-5-7-16;1-2-17(16-10-19-13-20-11-16)15-8-9-18(21-12-15)14-6-4-3-5-7-14;1-14(15-9-11-19-12-10-15)17-7-8-18(20-13-17)16-5-3-2-4-6-16;1-13(16-9-18-12-19-10-16)15-7-8-17(20-11-15)14-5-3-2-4-6-14/h1-3,6-7,10-16,18,22H,4-5,8-9H2;1-5,8-14,16,20H,6-7H2;1-5,8-13,15,19H,6-7H2;3-14,18H,2H2,1H3;3-13,17H,2H2,1H3;2-14H,1H3;2-13H,1H3. The Morgan fingerprint density at radius 2 is 0.393 bits per heavy atom. The molecule has 740 valence electrons. The zero-order valence-corrected chi connectivity index (χ0v) is 85.2. The summed E-state index contributed by atoms with van der Waals surface area (Å²) in [5.41, 5.74) is 32.6. The number of hydrogen-bond donors (Lipinski definition) is 0. The van der Waals surface area contributed by atoms with Gasteiger partial charge in [-0.15, -0.1) is 0 Å². The van der Waals surface area contributed by atoms with Gasteiger partial charge >= 0.3 is 0 Å². The monoisotopic (exact) mass is 1960 g/mol. The highest BCUT2D eigenvalue weighted by Gasteiger charge is 2.36. The van der Waals surface area contributed by atoms with Crippen LogP contribution in [0.4, 0.5) is 0 Å². The second-order valence-corrected chi connectivity index (χ2v) is 38.1. The first-order chi connectivity index (χ1) is 74.2. The van der Waals surface area contributed by atoms with E-state index < -0.39 is 0 Å². The van der Waals surface area contributed by atoms with Gasteiger partial charge in [0.1, 0.15) is 19.0 Å². The summed E-state index contributed by atoms with van der Waals surface area (Å²) in [5.74, 6) is 4.70. The summed E-state index contributed by atoms with van der Waals surface area (Å²) in [6.45, 7) is 8.70. The van der Waals surface area contributed by atoms with Crippen molar-refractivity contribution in [2.75, 3.05) is 0 Å². The third-order valence-corrected chi connectivity index (χ3v) is 28.2. The fourth-order valence-electron chi connectivity index (χ4n) is 19.7. The van der Waals surface area contributed by atoms with E-state index in [4.69, 9.17) is 4.98 Å². The first-order valence-corrected chi connectivity index (χ1v) is 52.1. The minimum Gasteiger partial charge on any atom is -0.265 e. The molecule has 7 aromatic carbocycles. The van der Waals surface area contributed by atoms with Crippen LogP contribution in [0, 0.1) is 17.8 Å². The van der Waals surface area contributed by atoms with Crippen molar-refractivity contribution < 1.29 is 0 Å². The van der Waals surface area contributed by atoms with Crippen LogP contribution in [0.15, 0.2) is 495 Å². The van der Waals surface area contributed by atoms with Gasteiger partial charge in [0.25, 0.3) is 0 Å². The molecule has 3 aliphatic carbocycles. The van der Waals surface area contributed by atoms with Gasteiger partial charge in [-0.1, -0.05) is 295 Å². The Bertz CT molecular complexity index is 7070. The normalized spacial score (nSPS) is 13.7. The minimum absolute atomic E-state index is 0.244. The van der Waals surface area contributed by atoms with Crippen LogP contribution in [-0.4, -0.2) is 84.7 Å². The van der Waals surface area contributed by atoms with E-state index in [0.717, 1.165) is 103 Å². The molecule has 21 aromatic rings. The fraction of sp³-hybridized carbons (Fsp3) is 0.180. The highest BCUT2D eigenvalue weighted by atomic mass is 14.8. The van der Waals surface area contributed by atoms with Gasteiger partial charge < -0.3 is 0 Å². The molecule has 0 amide bonds. The summed E-state index contributed by atoms with van der Waals surface area (Å²) in [5, 5.41) is 0. The quantitative estimate of drug-likeness (QED) is 0.0492. The summed E-state index contributed by atoms with van der Waals surface area (Å²) in [7, 11) is 0. The van der Waals surface area contributed by atoms with E-state index in [-0.39, 0.29) is 5.92 Å². The largest absolute Gasteiger partial charge is 0.265 e. The van der Waals surface area contributed by atoms with Crippen molar-refractivity contribution in [2.45, 2.75) is 133 Å².